The van der Waals surface area contributed by atoms with Gasteiger partial charge in [-0.3, -0.25) is 10.1 Å². The van der Waals surface area contributed by atoms with Crippen molar-refractivity contribution in [2.24, 2.45) is 0 Å². The fourth-order valence-corrected chi connectivity index (χ4v) is 4.24. The minimum absolute atomic E-state index is 0.00864. The Morgan fingerprint density at radius 2 is 1.93 bits per heavy atom. The molecule has 0 spiro atoms. The Morgan fingerprint density at radius 3 is 2.68 bits per heavy atom. The largest absolute Gasteiger partial charge is 0.451 e. The van der Waals surface area contributed by atoms with Crippen LogP contribution in [-0.4, -0.2) is 25.6 Å². The first-order valence-electron chi connectivity index (χ1n) is 8.08. The molecule has 0 unspecified atom stereocenters. The molecule has 2 aromatic carbocycles. The summed E-state index contributed by atoms with van der Waals surface area (Å²) >= 11 is 1.15. The van der Waals surface area contributed by atoms with Crippen molar-refractivity contribution in [3.8, 4) is 11.3 Å². The van der Waals surface area contributed by atoms with Crippen LogP contribution in [0.15, 0.2) is 63.9 Å². The first-order chi connectivity index (χ1) is 13.3. The van der Waals surface area contributed by atoms with Crippen LogP contribution in [0.3, 0.4) is 0 Å². The number of anilines is 1. The SMILES string of the molecule is CS(=O)(=O)c1ccc2nc(NC(=O)c3ccc(-c4ccccc4F)o3)sc2c1. The molecule has 0 radical (unpaired) electrons. The van der Waals surface area contributed by atoms with Gasteiger partial charge in [0.25, 0.3) is 5.91 Å². The summed E-state index contributed by atoms with van der Waals surface area (Å²) in [5.74, 6) is -0.735. The number of furan rings is 1. The highest BCUT2D eigenvalue weighted by molar-refractivity contribution is 7.90. The third kappa shape index (κ3) is 3.54. The average molecular weight is 416 g/mol. The predicted molar refractivity (Wildman–Crippen MR) is 105 cm³/mol. The van der Waals surface area contributed by atoms with Crippen molar-refractivity contribution in [1.29, 1.82) is 0 Å². The van der Waals surface area contributed by atoms with Crippen LogP contribution in [0.1, 0.15) is 10.6 Å². The maximum absolute atomic E-state index is 13.9. The number of thiazole rings is 1. The van der Waals surface area contributed by atoms with Crippen molar-refractivity contribution in [2.75, 3.05) is 11.6 Å². The smallest absolute Gasteiger partial charge is 0.293 e. The van der Waals surface area contributed by atoms with Gasteiger partial charge in [-0.1, -0.05) is 23.5 Å². The van der Waals surface area contributed by atoms with E-state index < -0.39 is 21.6 Å². The lowest BCUT2D eigenvalue weighted by Gasteiger charge is -1.99. The molecule has 142 valence electrons. The van der Waals surface area contributed by atoms with E-state index in [1.807, 2.05) is 0 Å². The maximum atomic E-state index is 13.9. The van der Waals surface area contributed by atoms with Gasteiger partial charge in [0.05, 0.1) is 20.7 Å². The van der Waals surface area contributed by atoms with Gasteiger partial charge in [0.2, 0.25) is 0 Å². The molecule has 0 aliphatic carbocycles. The molecule has 2 heterocycles. The Morgan fingerprint density at radius 1 is 1.14 bits per heavy atom. The Bertz CT molecular complexity index is 1310. The van der Waals surface area contributed by atoms with Crippen LogP contribution in [0.2, 0.25) is 0 Å². The van der Waals surface area contributed by atoms with Gasteiger partial charge in [-0.2, -0.15) is 0 Å². The summed E-state index contributed by atoms with van der Waals surface area (Å²) in [6, 6.07) is 13.6. The number of sulfone groups is 1. The van der Waals surface area contributed by atoms with E-state index in [2.05, 4.69) is 10.3 Å². The van der Waals surface area contributed by atoms with Crippen LogP contribution in [-0.2, 0) is 9.84 Å². The summed E-state index contributed by atoms with van der Waals surface area (Å²) in [6.45, 7) is 0. The molecule has 1 N–H and O–H groups in total. The number of amides is 1. The molecule has 4 aromatic rings. The highest BCUT2D eigenvalue weighted by Gasteiger charge is 2.17. The molecule has 0 aliphatic heterocycles. The van der Waals surface area contributed by atoms with E-state index in [1.165, 1.54) is 30.3 Å². The number of benzene rings is 2. The minimum atomic E-state index is -3.33. The van der Waals surface area contributed by atoms with Crippen molar-refractivity contribution in [3.63, 3.8) is 0 Å². The topological polar surface area (TPSA) is 89.3 Å². The van der Waals surface area contributed by atoms with Crippen molar-refractivity contribution in [3.05, 3.63) is 66.2 Å². The highest BCUT2D eigenvalue weighted by Crippen LogP contribution is 2.29. The van der Waals surface area contributed by atoms with E-state index in [4.69, 9.17) is 4.42 Å². The lowest BCUT2D eigenvalue weighted by atomic mass is 10.1. The fourth-order valence-electron chi connectivity index (χ4n) is 2.61. The number of fused-ring (bicyclic) bond motifs is 1. The molecular weight excluding hydrogens is 403 g/mol. The first-order valence-corrected chi connectivity index (χ1v) is 10.8. The Labute approximate surface area is 163 Å². The molecular formula is C19H13FN2O4S2. The van der Waals surface area contributed by atoms with E-state index in [9.17, 15) is 17.6 Å². The molecule has 0 saturated carbocycles. The number of rotatable bonds is 4. The summed E-state index contributed by atoms with van der Waals surface area (Å²) in [7, 11) is -3.33. The van der Waals surface area contributed by atoms with Gasteiger partial charge < -0.3 is 4.42 Å². The van der Waals surface area contributed by atoms with Crippen molar-refractivity contribution >= 4 is 42.4 Å². The zero-order valence-electron chi connectivity index (χ0n) is 14.5. The average Bonchev–Trinajstić information content (AvgIpc) is 3.27. The van der Waals surface area contributed by atoms with E-state index in [1.54, 1.807) is 24.3 Å². The van der Waals surface area contributed by atoms with Crippen LogP contribution in [0.4, 0.5) is 9.52 Å². The van der Waals surface area contributed by atoms with Crippen LogP contribution in [0.25, 0.3) is 21.5 Å². The molecule has 2 aromatic heterocycles. The van der Waals surface area contributed by atoms with E-state index in [-0.39, 0.29) is 22.0 Å². The first kappa shape index (κ1) is 18.3. The predicted octanol–water partition coefficient (Wildman–Crippen LogP) is 4.35. The van der Waals surface area contributed by atoms with Gasteiger partial charge in [0.1, 0.15) is 11.6 Å². The lowest BCUT2D eigenvalue weighted by molar-refractivity contribution is 0.0997. The number of nitrogens with one attached hydrogen (secondary N) is 1. The molecule has 0 saturated heterocycles. The second-order valence-corrected chi connectivity index (χ2v) is 9.06. The number of hydrogen-bond acceptors (Lipinski definition) is 6. The molecule has 0 fully saturated rings. The number of carbonyl (C=O) groups is 1. The summed E-state index contributed by atoms with van der Waals surface area (Å²) < 4.78 is 43.3. The maximum Gasteiger partial charge on any atom is 0.293 e. The normalized spacial score (nSPS) is 11.6. The number of halogens is 1. The monoisotopic (exact) mass is 416 g/mol. The van der Waals surface area contributed by atoms with Gasteiger partial charge in [-0.15, -0.1) is 0 Å². The van der Waals surface area contributed by atoms with Gasteiger partial charge in [0.15, 0.2) is 20.7 Å². The number of nitrogens with zero attached hydrogens (tertiary/aromatic N) is 1. The Balaban J connectivity index is 1.58. The van der Waals surface area contributed by atoms with Gasteiger partial charge in [-0.25, -0.2) is 17.8 Å². The third-order valence-corrected chi connectivity index (χ3v) is 6.02. The van der Waals surface area contributed by atoms with E-state index >= 15 is 0 Å². The standard InChI is InChI=1S/C19H13FN2O4S2/c1-28(24,25)11-6-7-14-17(10-11)27-19(21-14)22-18(23)16-9-8-15(26-16)12-4-2-3-5-13(12)20/h2-10H,1H3,(H,21,22,23). The molecule has 0 atom stereocenters. The molecule has 6 nitrogen and oxygen atoms in total. The molecule has 9 heteroatoms. The molecule has 28 heavy (non-hydrogen) atoms. The second kappa shape index (κ2) is 6.84. The Kier molecular flexibility index (Phi) is 4.48. The second-order valence-electron chi connectivity index (χ2n) is 6.02. The number of carbonyl (C=O) groups excluding carboxylic acids is 1. The molecule has 4 rings (SSSR count). The summed E-state index contributed by atoms with van der Waals surface area (Å²) in [4.78, 5) is 16.9. The molecule has 1 amide bonds. The summed E-state index contributed by atoms with van der Waals surface area (Å²) in [5.41, 5.74) is 0.828. The minimum Gasteiger partial charge on any atom is -0.451 e. The third-order valence-electron chi connectivity index (χ3n) is 3.98. The van der Waals surface area contributed by atoms with Gasteiger partial charge in [-0.05, 0) is 42.5 Å². The zero-order chi connectivity index (χ0) is 19.9. The quantitative estimate of drug-likeness (QED) is 0.534. The van der Waals surface area contributed by atoms with Crippen LogP contribution in [0, 0.1) is 5.82 Å². The van der Waals surface area contributed by atoms with E-state index in [0.29, 0.717) is 15.3 Å². The number of hydrogen-bond donors (Lipinski definition) is 1. The highest BCUT2D eigenvalue weighted by atomic mass is 32.2. The van der Waals surface area contributed by atoms with Crippen molar-refractivity contribution in [2.45, 2.75) is 4.90 Å². The number of aromatic nitrogens is 1. The summed E-state index contributed by atoms with van der Waals surface area (Å²) in [6.07, 6.45) is 1.13. The Hall–Kier alpha value is -3.04. The lowest BCUT2D eigenvalue weighted by Crippen LogP contribution is -2.10. The van der Waals surface area contributed by atoms with Crippen molar-refractivity contribution < 1.29 is 22.0 Å². The van der Waals surface area contributed by atoms with Crippen LogP contribution < -0.4 is 5.32 Å². The van der Waals surface area contributed by atoms with Crippen LogP contribution in [0.5, 0.6) is 0 Å². The molecule has 0 aliphatic rings. The van der Waals surface area contributed by atoms with Crippen LogP contribution >= 0.6 is 11.3 Å². The fraction of sp³-hybridized carbons (Fsp3) is 0.0526. The van der Waals surface area contributed by atoms with Gasteiger partial charge in [0, 0.05) is 6.26 Å². The van der Waals surface area contributed by atoms with Gasteiger partial charge >= 0.3 is 0 Å². The van der Waals surface area contributed by atoms with Crippen molar-refractivity contribution in [1.82, 2.24) is 4.98 Å². The molecule has 0 bridgehead atoms. The van der Waals surface area contributed by atoms with E-state index in [0.717, 1.165) is 17.6 Å². The zero-order valence-corrected chi connectivity index (χ0v) is 16.1. The summed E-state index contributed by atoms with van der Waals surface area (Å²) in [5, 5.41) is 2.92.